The number of halogens is 2. The second kappa shape index (κ2) is 10.2. The van der Waals surface area contributed by atoms with E-state index in [1.54, 1.807) is 20.8 Å². The van der Waals surface area contributed by atoms with Crippen molar-refractivity contribution in [3.63, 3.8) is 0 Å². The number of aromatic nitrogens is 2. The molecule has 0 atom stereocenters. The summed E-state index contributed by atoms with van der Waals surface area (Å²) in [6, 6.07) is 4.55. The summed E-state index contributed by atoms with van der Waals surface area (Å²) in [5, 5.41) is 12.3. The monoisotopic (exact) mass is 602 g/mol. The van der Waals surface area contributed by atoms with Gasteiger partial charge in [-0.1, -0.05) is 6.92 Å². The molecule has 0 aliphatic carbocycles. The SMILES string of the molecule is CCS(=O)(=O)c1nc(OC)c2c3c(c(-c4c(F)ccc5sc(NC(=O)OC(C)(C)C)c(C#N)c45)c(F)c2n1)COC3. The molecule has 5 rings (SSSR count). The Hall–Kier alpha value is -3.93. The molecule has 214 valence electrons. The van der Waals surface area contributed by atoms with Crippen LogP contribution in [0.5, 0.6) is 5.88 Å². The van der Waals surface area contributed by atoms with Crippen molar-refractivity contribution in [2.24, 2.45) is 0 Å². The molecule has 4 aromatic rings. The van der Waals surface area contributed by atoms with Crippen LogP contribution in [0.4, 0.5) is 18.6 Å². The van der Waals surface area contributed by atoms with Gasteiger partial charge in [-0.3, -0.25) is 5.32 Å². The second-order valence-electron chi connectivity index (χ2n) is 10.1. The van der Waals surface area contributed by atoms with Gasteiger partial charge in [-0.05, 0) is 44.0 Å². The van der Waals surface area contributed by atoms with Gasteiger partial charge in [0.25, 0.3) is 5.16 Å². The molecule has 14 heteroatoms. The molecule has 1 aliphatic heterocycles. The first-order valence-corrected chi connectivity index (χ1v) is 14.8. The summed E-state index contributed by atoms with van der Waals surface area (Å²) in [4.78, 5) is 20.6. The largest absolute Gasteiger partial charge is 0.480 e. The van der Waals surface area contributed by atoms with Crippen molar-refractivity contribution in [2.45, 2.75) is 51.7 Å². The van der Waals surface area contributed by atoms with E-state index in [0.717, 1.165) is 17.4 Å². The molecule has 10 nitrogen and oxygen atoms in total. The molecule has 0 bridgehead atoms. The highest BCUT2D eigenvalue weighted by Gasteiger charge is 2.33. The highest BCUT2D eigenvalue weighted by Crippen LogP contribution is 2.48. The van der Waals surface area contributed by atoms with Crippen LogP contribution in [0, 0.1) is 23.0 Å². The third-order valence-electron chi connectivity index (χ3n) is 6.38. The summed E-state index contributed by atoms with van der Waals surface area (Å²) in [6.07, 6.45) is -0.817. The van der Waals surface area contributed by atoms with Crippen molar-refractivity contribution in [1.82, 2.24) is 9.97 Å². The molecule has 2 aromatic heterocycles. The smallest absolute Gasteiger partial charge is 0.412 e. The number of carbonyl (C=O) groups excluding carboxylic acids is 1. The maximum absolute atomic E-state index is 16.6. The number of carbonyl (C=O) groups is 1. The molecular weight excluding hydrogens is 578 g/mol. The van der Waals surface area contributed by atoms with Crippen LogP contribution < -0.4 is 10.1 Å². The Labute approximate surface area is 237 Å². The minimum atomic E-state index is -3.97. The van der Waals surface area contributed by atoms with E-state index in [4.69, 9.17) is 14.2 Å². The average molecular weight is 603 g/mol. The summed E-state index contributed by atoms with van der Waals surface area (Å²) in [6.45, 7) is 6.31. The molecular formula is C27H24F2N4O6S2. The number of thiophene rings is 1. The van der Waals surface area contributed by atoms with Crippen molar-refractivity contribution >= 4 is 53.3 Å². The van der Waals surface area contributed by atoms with E-state index in [0.29, 0.717) is 10.3 Å². The summed E-state index contributed by atoms with van der Waals surface area (Å²) in [5.41, 5.74) is -1.07. The number of hydrogen-bond donors (Lipinski definition) is 1. The third kappa shape index (κ3) is 4.83. The normalized spacial score (nSPS) is 13.3. The van der Waals surface area contributed by atoms with Gasteiger partial charge in [-0.2, -0.15) is 10.2 Å². The van der Waals surface area contributed by atoms with Crippen LogP contribution >= 0.6 is 11.3 Å². The first-order valence-electron chi connectivity index (χ1n) is 12.4. The minimum absolute atomic E-state index is 0.0174. The molecule has 3 heterocycles. The molecule has 0 unspecified atom stereocenters. The zero-order chi connectivity index (χ0) is 29.9. The van der Waals surface area contributed by atoms with Gasteiger partial charge in [0.1, 0.15) is 28.0 Å². The first kappa shape index (κ1) is 28.6. The highest BCUT2D eigenvalue weighted by molar-refractivity contribution is 7.91. The van der Waals surface area contributed by atoms with Gasteiger partial charge >= 0.3 is 6.09 Å². The minimum Gasteiger partial charge on any atom is -0.480 e. The predicted molar refractivity (Wildman–Crippen MR) is 148 cm³/mol. The van der Waals surface area contributed by atoms with Crippen molar-refractivity contribution in [3.8, 4) is 23.1 Å². The maximum atomic E-state index is 16.6. The number of hydrogen-bond acceptors (Lipinski definition) is 10. The van der Waals surface area contributed by atoms with Gasteiger partial charge in [0.2, 0.25) is 15.7 Å². The number of amides is 1. The van der Waals surface area contributed by atoms with E-state index >= 15 is 8.78 Å². The quantitative estimate of drug-likeness (QED) is 0.279. The average Bonchev–Trinajstić information content (AvgIpc) is 3.52. The summed E-state index contributed by atoms with van der Waals surface area (Å²) in [5.74, 6) is -2.37. The van der Waals surface area contributed by atoms with Gasteiger partial charge in [-0.15, -0.1) is 11.3 Å². The maximum Gasteiger partial charge on any atom is 0.412 e. The van der Waals surface area contributed by atoms with Gasteiger partial charge in [0.15, 0.2) is 5.82 Å². The van der Waals surface area contributed by atoms with Gasteiger partial charge in [-0.25, -0.2) is 27.0 Å². The van der Waals surface area contributed by atoms with E-state index in [-0.39, 0.29) is 68.4 Å². The summed E-state index contributed by atoms with van der Waals surface area (Å²) < 4.78 is 74.3. The molecule has 41 heavy (non-hydrogen) atoms. The van der Waals surface area contributed by atoms with Gasteiger partial charge < -0.3 is 14.2 Å². The van der Waals surface area contributed by atoms with Crippen LogP contribution in [0.3, 0.4) is 0 Å². The standard InChI is InChI=1S/C27H24F2N4O6S2/c1-6-41(35,36)25-31-22-19(23(32-25)37-5)14-11-38-10-13(14)18(21(22)29)20-15(28)7-8-16-17(20)12(9-30)24(40-16)33-26(34)39-27(2,3)4/h7-8H,6,10-11H2,1-5H3,(H,33,34). The fraction of sp³-hybridized carbons (Fsp3) is 0.333. The molecule has 0 spiro atoms. The van der Waals surface area contributed by atoms with Crippen LogP contribution in [0.2, 0.25) is 0 Å². The lowest BCUT2D eigenvalue weighted by Gasteiger charge is -2.19. The predicted octanol–water partition coefficient (Wildman–Crippen LogP) is 5.84. The van der Waals surface area contributed by atoms with Crippen molar-refractivity contribution in [1.29, 1.82) is 5.26 Å². The lowest BCUT2D eigenvalue weighted by Crippen LogP contribution is -2.27. The zero-order valence-corrected chi connectivity index (χ0v) is 24.3. The number of methoxy groups -OCH3 is 1. The number of nitriles is 1. The lowest BCUT2D eigenvalue weighted by molar-refractivity contribution is 0.0636. The Bertz CT molecular complexity index is 1910. The van der Waals surface area contributed by atoms with E-state index in [9.17, 15) is 18.5 Å². The fourth-order valence-electron chi connectivity index (χ4n) is 4.66. The van der Waals surface area contributed by atoms with E-state index in [1.807, 2.05) is 6.07 Å². The van der Waals surface area contributed by atoms with Crippen LogP contribution in [0.1, 0.15) is 44.4 Å². The molecule has 2 aromatic carbocycles. The summed E-state index contributed by atoms with van der Waals surface area (Å²) in [7, 11) is -2.71. The Morgan fingerprint density at radius 2 is 1.88 bits per heavy atom. The number of fused-ring (bicyclic) bond motifs is 4. The molecule has 1 amide bonds. The molecule has 0 radical (unpaired) electrons. The number of nitrogens with one attached hydrogen (secondary N) is 1. The fourth-order valence-corrected chi connectivity index (χ4v) is 6.41. The van der Waals surface area contributed by atoms with Crippen molar-refractivity contribution < 1.29 is 36.2 Å². The van der Waals surface area contributed by atoms with Crippen LogP contribution in [-0.4, -0.2) is 42.9 Å². The second-order valence-corrected chi connectivity index (χ2v) is 13.3. The van der Waals surface area contributed by atoms with Crippen LogP contribution in [0.25, 0.3) is 32.1 Å². The number of rotatable bonds is 5. The Morgan fingerprint density at radius 3 is 2.51 bits per heavy atom. The molecule has 1 N–H and O–H groups in total. The van der Waals surface area contributed by atoms with Crippen molar-refractivity contribution in [3.05, 3.63) is 40.5 Å². The number of nitrogens with zero attached hydrogens (tertiary/aromatic N) is 3. The summed E-state index contributed by atoms with van der Waals surface area (Å²) >= 11 is 0.998. The number of anilines is 1. The third-order valence-corrected chi connectivity index (χ3v) is 8.95. The van der Waals surface area contributed by atoms with Crippen LogP contribution in [-0.2, 0) is 32.5 Å². The van der Waals surface area contributed by atoms with Gasteiger partial charge in [0, 0.05) is 21.2 Å². The Kier molecular flexibility index (Phi) is 7.09. The number of benzene rings is 2. The molecule has 1 aliphatic rings. The molecule has 0 fully saturated rings. The topological polar surface area (TPSA) is 141 Å². The van der Waals surface area contributed by atoms with E-state index < -0.39 is 38.3 Å². The van der Waals surface area contributed by atoms with E-state index in [1.165, 1.54) is 20.1 Å². The first-order chi connectivity index (χ1) is 19.3. The van der Waals surface area contributed by atoms with Crippen molar-refractivity contribution in [2.75, 3.05) is 18.2 Å². The molecule has 0 saturated carbocycles. The Balaban J connectivity index is 1.85. The number of ether oxygens (including phenoxy) is 3. The Morgan fingerprint density at radius 1 is 1.17 bits per heavy atom. The lowest BCUT2D eigenvalue weighted by atomic mass is 9.90. The van der Waals surface area contributed by atoms with Gasteiger partial charge in [0.05, 0.1) is 37.0 Å². The van der Waals surface area contributed by atoms with E-state index in [2.05, 4.69) is 15.3 Å². The zero-order valence-electron chi connectivity index (χ0n) is 22.6. The number of sulfone groups is 1. The molecule has 0 saturated heterocycles. The highest BCUT2D eigenvalue weighted by atomic mass is 32.2. The van der Waals surface area contributed by atoms with Crippen LogP contribution in [0.15, 0.2) is 17.3 Å².